The maximum Gasteiger partial charge on any atom is 0.118 e. The highest BCUT2D eigenvalue weighted by Gasteiger charge is 2.19. The summed E-state index contributed by atoms with van der Waals surface area (Å²) in [6, 6.07) is 9.30. The molecule has 1 N–H and O–H groups in total. The molecule has 2 rings (SSSR count). The lowest BCUT2D eigenvalue weighted by molar-refractivity contribution is 0.414. The molecule has 1 aliphatic rings. The molecule has 0 bridgehead atoms. The largest absolute Gasteiger partial charge is 0.497 e. The van der Waals surface area contributed by atoms with Crippen LogP contribution in [0.3, 0.4) is 0 Å². The van der Waals surface area contributed by atoms with Crippen molar-refractivity contribution in [1.82, 2.24) is 5.32 Å². The minimum absolute atomic E-state index is 0.804. The quantitative estimate of drug-likeness (QED) is 0.760. The third-order valence-electron chi connectivity index (χ3n) is 3.73. The molecular weight excluding hydrogens is 222 g/mol. The number of aryl methyl sites for hydroxylation is 1. The van der Waals surface area contributed by atoms with Crippen molar-refractivity contribution in [3.63, 3.8) is 0 Å². The molecule has 1 aromatic carbocycles. The highest BCUT2D eigenvalue weighted by atomic mass is 16.5. The van der Waals surface area contributed by atoms with Crippen LogP contribution in [-0.4, -0.2) is 19.7 Å². The maximum absolute atomic E-state index is 5.17. The van der Waals surface area contributed by atoms with Crippen LogP contribution in [0.1, 0.15) is 38.2 Å². The number of nitrogens with one attached hydrogen (secondary N) is 1. The van der Waals surface area contributed by atoms with Gasteiger partial charge in [-0.25, -0.2) is 0 Å². The number of rotatable bonds is 8. The van der Waals surface area contributed by atoms with Crippen molar-refractivity contribution >= 4 is 0 Å². The Morgan fingerprint density at radius 2 is 1.94 bits per heavy atom. The zero-order chi connectivity index (χ0) is 12.8. The summed E-state index contributed by atoms with van der Waals surface area (Å²) in [6.07, 6.45) is 6.53. The Morgan fingerprint density at radius 1 is 1.22 bits per heavy atom. The molecule has 0 aliphatic heterocycles. The second-order valence-corrected chi connectivity index (χ2v) is 5.51. The standard InChI is InChI=1S/C16H25NO/c1-13(11-12-17-15-7-8-15)3-4-14-5-9-16(18-2)10-6-14/h5-6,9-10,13,15,17H,3-4,7-8,11-12H2,1-2H3. The Bertz CT molecular complexity index is 343. The summed E-state index contributed by atoms with van der Waals surface area (Å²) in [5.74, 6) is 1.75. The summed E-state index contributed by atoms with van der Waals surface area (Å²) >= 11 is 0. The van der Waals surface area contributed by atoms with Gasteiger partial charge in [-0.2, -0.15) is 0 Å². The van der Waals surface area contributed by atoms with E-state index in [4.69, 9.17) is 4.74 Å². The van der Waals surface area contributed by atoms with Crippen LogP contribution in [0, 0.1) is 5.92 Å². The van der Waals surface area contributed by atoms with E-state index >= 15 is 0 Å². The van der Waals surface area contributed by atoms with Gasteiger partial charge in [-0.3, -0.25) is 0 Å². The Labute approximate surface area is 111 Å². The lowest BCUT2D eigenvalue weighted by atomic mass is 9.98. The third-order valence-corrected chi connectivity index (χ3v) is 3.73. The zero-order valence-corrected chi connectivity index (χ0v) is 11.6. The van der Waals surface area contributed by atoms with E-state index in [1.807, 2.05) is 0 Å². The Kier molecular flexibility index (Phi) is 5.06. The van der Waals surface area contributed by atoms with Crippen molar-refractivity contribution in [2.24, 2.45) is 5.92 Å². The fraction of sp³-hybridized carbons (Fsp3) is 0.625. The van der Waals surface area contributed by atoms with Crippen LogP contribution in [0.25, 0.3) is 0 Å². The van der Waals surface area contributed by atoms with Gasteiger partial charge in [-0.15, -0.1) is 0 Å². The van der Waals surface area contributed by atoms with Crippen molar-refractivity contribution in [1.29, 1.82) is 0 Å². The van der Waals surface area contributed by atoms with E-state index in [1.54, 1.807) is 7.11 Å². The molecule has 0 aromatic heterocycles. The minimum Gasteiger partial charge on any atom is -0.497 e. The first-order chi connectivity index (χ1) is 8.78. The second kappa shape index (κ2) is 6.79. The molecule has 0 amide bonds. The molecule has 1 fully saturated rings. The average molecular weight is 247 g/mol. The molecule has 1 saturated carbocycles. The summed E-state index contributed by atoms with van der Waals surface area (Å²) in [6.45, 7) is 3.55. The van der Waals surface area contributed by atoms with Crippen LogP contribution in [-0.2, 0) is 6.42 Å². The minimum atomic E-state index is 0.804. The van der Waals surface area contributed by atoms with Gasteiger partial charge in [-0.05, 0) is 62.3 Å². The van der Waals surface area contributed by atoms with E-state index in [2.05, 4.69) is 36.5 Å². The second-order valence-electron chi connectivity index (χ2n) is 5.51. The van der Waals surface area contributed by atoms with Gasteiger partial charge < -0.3 is 10.1 Å². The van der Waals surface area contributed by atoms with E-state index < -0.39 is 0 Å². The van der Waals surface area contributed by atoms with Crippen LogP contribution in [0.5, 0.6) is 5.75 Å². The zero-order valence-electron chi connectivity index (χ0n) is 11.6. The number of methoxy groups -OCH3 is 1. The van der Waals surface area contributed by atoms with Crippen LogP contribution in [0.2, 0.25) is 0 Å². The Balaban J connectivity index is 1.62. The fourth-order valence-corrected chi connectivity index (χ4v) is 2.17. The normalized spacial score (nSPS) is 16.6. The van der Waals surface area contributed by atoms with Gasteiger partial charge in [0.25, 0.3) is 0 Å². The molecular formula is C16H25NO. The van der Waals surface area contributed by atoms with Gasteiger partial charge in [0.15, 0.2) is 0 Å². The van der Waals surface area contributed by atoms with Gasteiger partial charge in [-0.1, -0.05) is 19.1 Å². The summed E-state index contributed by atoms with van der Waals surface area (Å²) in [4.78, 5) is 0. The Hall–Kier alpha value is -1.02. The van der Waals surface area contributed by atoms with Crippen LogP contribution in [0.15, 0.2) is 24.3 Å². The molecule has 1 aliphatic carbocycles. The van der Waals surface area contributed by atoms with Crippen LogP contribution >= 0.6 is 0 Å². The topological polar surface area (TPSA) is 21.3 Å². The van der Waals surface area contributed by atoms with Gasteiger partial charge in [0.05, 0.1) is 7.11 Å². The number of ether oxygens (including phenoxy) is 1. The van der Waals surface area contributed by atoms with Crippen molar-refractivity contribution < 1.29 is 4.74 Å². The van der Waals surface area contributed by atoms with E-state index in [9.17, 15) is 0 Å². The first-order valence-electron chi connectivity index (χ1n) is 7.14. The first-order valence-corrected chi connectivity index (χ1v) is 7.14. The number of hydrogen-bond acceptors (Lipinski definition) is 2. The lowest BCUT2D eigenvalue weighted by Crippen LogP contribution is -2.19. The van der Waals surface area contributed by atoms with Crippen LogP contribution in [0.4, 0.5) is 0 Å². The summed E-state index contributed by atoms with van der Waals surface area (Å²) in [5, 5.41) is 3.58. The first kappa shape index (κ1) is 13.4. The molecule has 0 saturated heterocycles. The van der Waals surface area contributed by atoms with E-state index in [1.165, 1.54) is 44.2 Å². The summed E-state index contributed by atoms with van der Waals surface area (Å²) in [7, 11) is 1.71. The third kappa shape index (κ3) is 4.69. The van der Waals surface area contributed by atoms with Crippen LogP contribution < -0.4 is 10.1 Å². The van der Waals surface area contributed by atoms with E-state index in [-0.39, 0.29) is 0 Å². The smallest absolute Gasteiger partial charge is 0.118 e. The molecule has 18 heavy (non-hydrogen) atoms. The monoisotopic (exact) mass is 247 g/mol. The average Bonchev–Trinajstić information content (AvgIpc) is 3.21. The van der Waals surface area contributed by atoms with Gasteiger partial charge in [0.1, 0.15) is 5.75 Å². The number of hydrogen-bond donors (Lipinski definition) is 1. The molecule has 2 heteroatoms. The molecule has 1 unspecified atom stereocenters. The molecule has 0 spiro atoms. The molecule has 0 heterocycles. The molecule has 100 valence electrons. The maximum atomic E-state index is 5.17. The van der Waals surface area contributed by atoms with Crippen molar-refractivity contribution in [2.75, 3.05) is 13.7 Å². The highest BCUT2D eigenvalue weighted by Crippen LogP contribution is 2.19. The van der Waals surface area contributed by atoms with Crippen molar-refractivity contribution in [2.45, 2.75) is 45.1 Å². The predicted octanol–water partition coefficient (Wildman–Crippen LogP) is 3.41. The van der Waals surface area contributed by atoms with E-state index in [0.717, 1.165) is 17.7 Å². The molecule has 2 nitrogen and oxygen atoms in total. The van der Waals surface area contributed by atoms with Crippen molar-refractivity contribution in [3.05, 3.63) is 29.8 Å². The number of benzene rings is 1. The lowest BCUT2D eigenvalue weighted by Gasteiger charge is -2.12. The molecule has 0 radical (unpaired) electrons. The van der Waals surface area contributed by atoms with Crippen molar-refractivity contribution in [3.8, 4) is 5.75 Å². The van der Waals surface area contributed by atoms with Gasteiger partial charge in [0.2, 0.25) is 0 Å². The molecule has 1 aromatic rings. The van der Waals surface area contributed by atoms with Gasteiger partial charge in [0, 0.05) is 6.04 Å². The highest BCUT2D eigenvalue weighted by molar-refractivity contribution is 5.27. The molecule has 1 atom stereocenters. The fourth-order valence-electron chi connectivity index (χ4n) is 2.17. The van der Waals surface area contributed by atoms with Gasteiger partial charge >= 0.3 is 0 Å². The Morgan fingerprint density at radius 3 is 2.56 bits per heavy atom. The predicted molar refractivity (Wildman–Crippen MR) is 76.1 cm³/mol. The summed E-state index contributed by atoms with van der Waals surface area (Å²) < 4.78 is 5.17. The summed E-state index contributed by atoms with van der Waals surface area (Å²) in [5.41, 5.74) is 1.41. The SMILES string of the molecule is COc1ccc(CCC(C)CCNC2CC2)cc1. The van der Waals surface area contributed by atoms with E-state index in [0.29, 0.717) is 0 Å².